The van der Waals surface area contributed by atoms with E-state index in [-0.39, 0.29) is 23.3 Å². The second kappa shape index (κ2) is 10.2. The highest BCUT2D eigenvalue weighted by atomic mass is 16.3. The van der Waals surface area contributed by atoms with Crippen molar-refractivity contribution < 1.29 is 10.2 Å². The van der Waals surface area contributed by atoms with E-state index in [1.165, 1.54) is 11.1 Å². The molecule has 8 aromatic carbocycles. The SMILES string of the molecule is Oc1c2c(c3ccccc3c1-c1c(O)c3c(c4ccccc14)-c1ccccc1[C@H]3c1ccccc1)-c1ccccc1[C@H]2c1ccccc1. The van der Waals surface area contributed by atoms with Crippen molar-refractivity contribution in [1.82, 2.24) is 0 Å². The monoisotopic (exact) mass is 614 g/mol. The van der Waals surface area contributed by atoms with Crippen molar-refractivity contribution in [3.05, 3.63) is 191 Å². The Morgan fingerprint density at radius 3 is 1.02 bits per heavy atom. The molecule has 0 heterocycles. The minimum Gasteiger partial charge on any atom is -0.507 e. The second-order valence-electron chi connectivity index (χ2n) is 13.0. The maximum absolute atomic E-state index is 12.8. The van der Waals surface area contributed by atoms with Crippen LogP contribution in [0.3, 0.4) is 0 Å². The minimum absolute atomic E-state index is 0.148. The number of hydrogen-bond donors (Lipinski definition) is 2. The van der Waals surface area contributed by atoms with Gasteiger partial charge in [0.25, 0.3) is 0 Å². The van der Waals surface area contributed by atoms with Gasteiger partial charge in [-0.15, -0.1) is 0 Å². The van der Waals surface area contributed by atoms with Gasteiger partial charge in [0.05, 0.1) is 0 Å². The third-order valence-corrected chi connectivity index (χ3v) is 10.6. The van der Waals surface area contributed by atoms with Crippen LogP contribution in [0.4, 0.5) is 0 Å². The number of phenolic OH excluding ortho intramolecular Hbond substituents is 2. The van der Waals surface area contributed by atoms with E-state index in [1.54, 1.807) is 0 Å². The molecule has 0 aromatic heterocycles. The van der Waals surface area contributed by atoms with Crippen LogP contribution in [-0.4, -0.2) is 10.2 Å². The van der Waals surface area contributed by atoms with E-state index in [9.17, 15) is 10.2 Å². The summed E-state index contributed by atoms with van der Waals surface area (Å²) in [6.07, 6.45) is 0. The molecule has 2 heteroatoms. The predicted octanol–water partition coefficient (Wildman–Crippen LogP) is 11.4. The molecule has 0 fully saturated rings. The van der Waals surface area contributed by atoms with Crippen LogP contribution >= 0.6 is 0 Å². The first-order valence-electron chi connectivity index (χ1n) is 16.6. The van der Waals surface area contributed by atoms with Crippen LogP contribution in [0.25, 0.3) is 54.9 Å². The number of rotatable bonds is 3. The fourth-order valence-electron chi connectivity index (χ4n) is 8.79. The summed E-state index contributed by atoms with van der Waals surface area (Å²) in [5.41, 5.74) is 12.2. The normalized spacial score (nSPS) is 15.7. The Bertz CT molecular complexity index is 2400. The molecule has 2 aliphatic rings. The highest BCUT2D eigenvalue weighted by Gasteiger charge is 2.39. The second-order valence-corrected chi connectivity index (χ2v) is 13.0. The molecule has 0 aliphatic heterocycles. The Balaban J connectivity index is 1.37. The first-order chi connectivity index (χ1) is 23.7. The summed E-state index contributed by atoms with van der Waals surface area (Å²) in [4.78, 5) is 0. The largest absolute Gasteiger partial charge is 0.507 e. The van der Waals surface area contributed by atoms with Crippen LogP contribution in [0.15, 0.2) is 158 Å². The molecule has 0 radical (unpaired) electrons. The third kappa shape index (κ3) is 3.57. The predicted molar refractivity (Wildman–Crippen MR) is 196 cm³/mol. The molecule has 8 aromatic rings. The average Bonchev–Trinajstić information content (AvgIpc) is 3.68. The van der Waals surface area contributed by atoms with Gasteiger partial charge in [0.1, 0.15) is 11.5 Å². The van der Waals surface area contributed by atoms with Gasteiger partial charge < -0.3 is 10.2 Å². The Morgan fingerprint density at radius 1 is 0.312 bits per heavy atom. The van der Waals surface area contributed by atoms with Crippen LogP contribution in [0.5, 0.6) is 11.5 Å². The van der Waals surface area contributed by atoms with Gasteiger partial charge in [0, 0.05) is 34.1 Å². The van der Waals surface area contributed by atoms with Gasteiger partial charge in [0.2, 0.25) is 0 Å². The van der Waals surface area contributed by atoms with Crippen molar-refractivity contribution in [3.8, 4) is 44.9 Å². The third-order valence-electron chi connectivity index (χ3n) is 10.6. The lowest BCUT2D eigenvalue weighted by Crippen LogP contribution is -2.02. The fraction of sp³-hybridized carbons (Fsp3) is 0.0435. The molecule has 2 aliphatic carbocycles. The zero-order chi connectivity index (χ0) is 31.9. The molecule has 2 atom stereocenters. The van der Waals surface area contributed by atoms with Gasteiger partial charge >= 0.3 is 0 Å². The van der Waals surface area contributed by atoms with Crippen molar-refractivity contribution in [2.75, 3.05) is 0 Å². The minimum atomic E-state index is -0.148. The molecular formula is C46H30O2. The smallest absolute Gasteiger partial charge is 0.128 e. The molecule has 10 rings (SSSR count). The summed E-state index contributed by atoms with van der Waals surface area (Å²) >= 11 is 0. The Morgan fingerprint density at radius 2 is 0.625 bits per heavy atom. The lowest BCUT2D eigenvalue weighted by Gasteiger charge is -2.23. The lowest BCUT2D eigenvalue weighted by atomic mass is 9.81. The number of aromatic hydroxyl groups is 2. The standard InChI is InChI=1S/C46H30O2/c47-45-41(35-25-13-11-23-33(35)39-31-21-9-7-19-29(31)37(43(39)45)27-15-3-1-4-16-27)42-36-26-14-12-24-34(36)40-32-22-10-8-20-30(32)38(44(40)46(42)48)28-17-5-2-6-18-28/h1-26,37-38,47-48H/t37-,38-/m1/s1. The van der Waals surface area contributed by atoms with E-state index >= 15 is 0 Å². The zero-order valence-corrected chi connectivity index (χ0v) is 26.1. The van der Waals surface area contributed by atoms with Crippen LogP contribution in [0.2, 0.25) is 0 Å². The van der Waals surface area contributed by atoms with Crippen molar-refractivity contribution in [3.63, 3.8) is 0 Å². The number of phenols is 2. The highest BCUT2D eigenvalue weighted by Crippen LogP contribution is 2.62. The van der Waals surface area contributed by atoms with Gasteiger partial charge in [-0.05, 0) is 66.1 Å². The average molecular weight is 615 g/mol. The topological polar surface area (TPSA) is 40.5 Å². The van der Waals surface area contributed by atoms with Crippen molar-refractivity contribution in [1.29, 1.82) is 0 Å². The van der Waals surface area contributed by atoms with E-state index in [0.29, 0.717) is 11.1 Å². The highest BCUT2D eigenvalue weighted by molar-refractivity contribution is 6.19. The van der Waals surface area contributed by atoms with E-state index in [0.717, 1.165) is 66.1 Å². The first kappa shape index (κ1) is 27.0. The quantitative estimate of drug-likeness (QED) is 0.208. The first-order valence-corrected chi connectivity index (χ1v) is 16.6. The molecular weight excluding hydrogens is 585 g/mol. The maximum atomic E-state index is 12.8. The van der Waals surface area contributed by atoms with Crippen LogP contribution in [0.1, 0.15) is 45.2 Å². The van der Waals surface area contributed by atoms with Gasteiger partial charge in [-0.2, -0.15) is 0 Å². The lowest BCUT2D eigenvalue weighted by molar-refractivity contribution is 0.463. The molecule has 0 unspecified atom stereocenters. The number of benzene rings is 8. The van der Waals surface area contributed by atoms with Gasteiger partial charge in [-0.25, -0.2) is 0 Å². The summed E-state index contributed by atoms with van der Waals surface area (Å²) in [5, 5.41) is 29.7. The van der Waals surface area contributed by atoms with Gasteiger partial charge in [0.15, 0.2) is 0 Å². The van der Waals surface area contributed by atoms with E-state index in [4.69, 9.17) is 0 Å². The molecule has 0 saturated heterocycles. The van der Waals surface area contributed by atoms with Crippen molar-refractivity contribution in [2.24, 2.45) is 0 Å². The molecule has 0 amide bonds. The van der Waals surface area contributed by atoms with Crippen LogP contribution in [0, 0.1) is 0 Å². The molecule has 48 heavy (non-hydrogen) atoms. The van der Waals surface area contributed by atoms with E-state index in [2.05, 4.69) is 133 Å². The van der Waals surface area contributed by atoms with Crippen molar-refractivity contribution in [2.45, 2.75) is 11.8 Å². The van der Waals surface area contributed by atoms with E-state index in [1.807, 2.05) is 24.3 Å². The van der Waals surface area contributed by atoms with Crippen LogP contribution < -0.4 is 0 Å². The molecule has 226 valence electrons. The number of hydrogen-bond acceptors (Lipinski definition) is 2. The van der Waals surface area contributed by atoms with E-state index < -0.39 is 0 Å². The summed E-state index contributed by atoms with van der Waals surface area (Å²) in [6, 6.07) is 54.7. The Labute approximate surface area is 278 Å². The summed E-state index contributed by atoms with van der Waals surface area (Å²) in [5.74, 6) is 0.150. The molecule has 2 N–H and O–H groups in total. The van der Waals surface area contributed by atoms with Gasteiger partial charge in [-0.1, -0.05) is 158 Å². The fourth-order valence-corrected chi connectivity index (χ4v) is 8.79. The Hall–Kier alpha value is -6.12. The summed E-state index contributed by atoms with van der Waals surface area (Å²) < 4.78 is 0. The number of fused-ring (bicyclic) bond motifs is 10. The molecule has 0 bridgehead atoms. The zero-order valence-electron chi connectivity index (χ0n) is 26.1. The molecule has 0 saturated carbocycles. The van der Waals surface area contributed by atoms with Crippen LogP contribution in [-0.2, 0) is 0 Å². The summed E-state index contributed by atoms with van der Waals surface area (Å²) in [6.45, 7) is 0. The van der Waals surface area contributed by atoms with Crippen molar-refractivity contribution >= 4 is 21.5 Å². The van der Waals surface area contributed by atoms with Gasteiger partial charge in [-0.3, -0.25) is 0 Å². The molecule has 0 spiro atoms. The molecule has 2 nitrogen and oxygen atoms in total. The Kier molecular flexibility index (Phi) is 5.74. The maximum Gasteiger partial charge on any atom is 0.128 e. The summed E-state index contributed by atoms with van der Waals surface area (Å²) in [7, 11) is 0.